The molecule has 3 heterocycles. The van der Waals surface area contributed by atoms with Crippen LogP contribution in [0.2, 0.25) is 0 Å². The molecule has 1 N–H and O–H groups in total. The number of pyridine rings is 1. The first-order valence-electron chi connectivity index (χ1n) is 8.17. The van der Waals surface area contributed by atoms with Gasteiger partial charge < -0.3 is 10.2 Å². The third-order valence-electron chi connectivity index (χ3n) is 4.91. The molecule has 4 rings (SSSR count). The normalized spacial score (nSPS) is 20.5. The van der Waals surface area contributed by atoms with E-state index in [1.54, 1.807) is 24.4 Å². The summed E-state index contributed by atoms with van der Waals surface area (Å²) in [6.07, 6.45) is -1.04. The monoisotopic (exact) mass is 333 g/mol. The topological polar surface area (TPSA) is 28.2 Å². The molecule has 0 radical (unpaired) electrons. The molecule has 1 atom stereocenters. The van der Waals surface area contributed by atoms with Gasteiger partial charge in [-0.05, 0) is 36.1 Å². The van der Waals surface area contributed by atoms with Gasteiger partial charge in [-0.15, -0.1) is 0 Å². The van der Waals surface area contributed by atoms with Gasteiger partial charge in [0.25, 0.3) is 0 Å². The summed E-state index contributed by atoms with van der Waals surface area (Å²) >= 11 is 0. The standard InChI is InChI=1S/C18H18F3N3/c19-18(20,21)16-4-2-1-3-14(16)13-7-8-23-17-15(13)6-5-12-11-22-9-10-24(12)17/h1-4,7-8,12,22H,5-6,9-11H2. The second kappa shape index (κ2) is 5.77. The summed E-state index contributed by atoms with van der Waals surface area (Å²) in [5.74, 6) is 0.849. The van der Waals surface area contributed by atoms with Crippen LogP contribution in [0.15, 0.2) is 36.5 Å². The van der Waals surface area contributed by atoms with Gasteiger partial charge in [-0.1, -0.05) is 18.2 Å². The van der Waals surface area contributed by atoms with Crippen molar-refractivity contribution in [3.63, 3.8) is 0 Å². The summed E-state index contributed by atoms with van der Waals surface area (Å²) in [6, 6.07) is 7.90. The molecular weight excluding hydrogens is 315 g/mol. The summed E-state index contributed by atoms with van der Waals surface area (Å²) in [7, 11) is 0. The van der Waals surface area contributed by atoms with E-state index in [1.165, 1.54) is 6.07 Å². The van der Waals surface area contributed by atoms with Gasteiger partial charge in [-0.25, -0.2) is 4.98 Å². The van der Waals surface area contributed by atoms with Gasteiger partial charge in [0.05, 0.1) is 5.56 Å². The minimum Gasteiger partial charge on any atom is -0.351 e. The molecule has 2 aliphatic rings. The highest BCUT2D eigenvalue weighted by Crippen LogP contribution is 2.41. The van der Waals surface area contributed by atoms with Crippen LogP contribution in [-0.4, -0.2) is 30.7 Å². The van der Waals surface area contributed by atoms with Crippen LogP contribution in [0.3, 0.4) is 0 Å². The maximum atomic E-state index is 13.4. The number of hydrogen-bond donors (Lipinski definition) is 1. The molecule has 3 nitrogen and oxygen atoms in total. The van der Waals surface area contributed by atoms with Crippen molar-refractivity contribution in [2.75, 3.05) is 24.5 Å². The maximum absolute atomic E-state index is 13.4. The molecule has 0 aliphatic carbocycles. The summed E-state index contributed by atoms with van der Waals surface area (Å²) < 4.78 is 40.2. The first kappa shape index (κ1) is 15.4. The Kier molecular flexibility index (Phi) is 3.72. The maximum Gasteiger partial charge on any atom is 0.417 e. The van der Waals surface area contributed by atoms with Gasteiger partial charge in [0.1, 0.15) is 5.82 Å². The highest BCUT2D eigenvalue weighted by Gasteiger charge is 2.35. The second-order valence-electron chi connectivity index (χ2n) is 6.29. The fourth-order valence-corrected chi connectivity index (χ4v) is 3.80. The van der Waals surface area contributed by atoms with Gasteiger partial charge >= 0.3 is 6.18 Å². The van der Waals surface area contributed by atoms with E-state index in [0.29, 0.717) is 11.6 Å². The van der Waals surface area contributed by atoms with Crippen molar-refractivity contribution >= 4 is 5.82 Å². The number of nitrogens with zero attached hydrogens (tertiary/aromatic N) is 2. The van der Waals surface area contributed by atoms with Gasteiger partial charge in [0.15, 0.2) is 0 Å². The van der Waals surface area contributed by atoms with Crippen molar-refractivity contribution in [1.29, 1.82) is 0 Å². The third kappa shape index (κ3) is 2.55. The Balaban J connectivity index is 1.85. The number of fused-ring (bicyclic) bond motifs is 3. The number of alkyl halides is 3. The third-order valence-corrected chi connectivity index (χ3v) is 4.91. The van der Waals surface area contributed by atoms with Crippen LogP contribution in [0.4, 0.5) is 19.0 Å². The lowest BCUT2D eigenvalue weighted by molar-refractivity contribution is -0.137. The Labute approximate surface area is 138 Å². The quantitative estimate of drug-likeness (QED) is 0.866. The number of halogens is 3. The summed E-state index contributed by atoms with van der Waals surface area (Å²) in [5.41, 5.74) is 1.26. The van der Waals surface area contributed by atoms with Gasteiger partial charge in [0.2, 0.25) is 0 Å². The largest absolute Gasteiger partial charge is 0.417 e. The first-order valence-corrected chi connectivity index (χ1v) is 8.17. The molecule has 1 fully saturated rings. The Morgan fingerprint density at radius 1 is 1.12 bits per heavy atom. The van der Waals surface area contributed by atoms with Crippen molar-refractivity contribution in [2.24, 2.45) is 0 Å². The van der Waals surface area contributed by atoms with Crippen LogP contribution in [0.25, 0.3) is 11.1 Å². The number of aromatic nitrogens is 1. The van der Waals surface area contributed by atoms with E-state index in [-0.39, 0.29) is 5.56 Å². The zero-order chi connectivity index (χ0) is 16.7. The molecule has 1 aromatic heterocycles. The molecule has 0 spiro atoms. The average Bonchev–Trinajstić information content (AvgIpc) is 2.60. The Bertz CT molecular complexity index is 757. The lowest BCUT2D eigenvalue weighted by atomic mass is 9.89. The number of anilines is 1. The lowest BCUT2D eigenvalue weighted by Crippen LogP contribution is -2.53. The number of nitrogens with one attached hydrogen (secondary N) is 1. The van der Waals surface area contributed by atoms with E-state index in [1.807, 2.05) is 0 Å². The number of benzene rings is 1. The molecule has 126 valence electrons. The van der Waals surface area contributed by atoms with Crippen LogP contribution in [-0.2, 0) is 12.6 Å². The minimum absolute atomic E-state index is 0.247. The molecule has 0 saturated carbocycles. The number of piperazine rings is 1. The first-order chi connectivity index (χ1) is 11.6. The zero-order valence-electron chi connectivity index (χ0n) is 13.1. The Morgan fingerprint density at radius 3 is 2.79 bits per heavy atom. The van der Waals surface area contributed by atoms with E-state index in [4.69, 9.17) is 0 Å². The highest BCUT2D eigenvalue weighted by molar-refractivity contribution is 5.76. The second-order valence-corrected chi connectivity index (χ2v) is 6.29. The van der Waals surface area contributed by atoms with Crippen LogP contribution < -0.4 is 10.2 Å². The fraction of sp³-hybridized carbons (Fsp3) is 0.389. The molecule has 1 unspecified atom stereocenters. The van der Waals surface area contributed by atoms with E-state index < -0.39 is 11.7 Å². The molecule has 1 saturated heterocycles. The van der Waals surface area contributed by atoms with Gasteiger partial charge in [-0.2, -0.15) is 13.2 Å². The van der Waals surface area contributed by atoms with Crippen molar-refractivity contribution in [2.45, 2.75) is 25.1 Å². The van der Waals surface area contributed by atoms with Crippen molar-refractivity contribution < 1.29 is 13.2 Å². The predicted octanol–water partition coefficient (Wildman–Crippen LogP) is 3.49. The molecule has 24 heavy (non-hydrogen) atoms. The summed E-state index contributed by atoms with van der Waals surface area (Å²) in [5, 5.41) is 3.37. The fourth-order valence-electron chi connectivity index (χ4n) is 3.80. The Morgan fingerprint density at radius 2 is 1.96 bits per heavy atom. The summed E-state index contributed by atoms with van der Waals surface area (Å²) in [6.45, 7) is 2.63. The van der Waals surface area contributed by atoms with Crippen molar-refractivity contribution in [3.8, 4) is 11.1 Å². The van der Waals surface area contributed by atoms with Crippen LogP contribution in [0.1, 0.15) is 17.5 Å². The lowest BCUT2D eigenvalue weighted by Gasteiger charge is -2.42. The van der Waals surface area contributed by atoms with Gasteiger partial charge in [0, 0.05) is 37.4 Å². The van der Waals surface area contributed by atoms with E-state index in [0.717, 1.165) is 49.9 Å². The van der Waals surface area contributed by atoms with Crippen LogP contribution in [0, 0.1) is 0 Å². The van der Waals surface area contributed by atoms with E-state index in [9.17, 15) is 13.2 Å². The number of hydrogen-bond acceptors (Lipinski definition) is 3. The molecule has 2 aromatic rings. The average molecular weight is 333 g/mol. The molecule has 6 heteroatoms. The molecule has 0 bridgehead atoms. The smallest absolute Gasteiger partial charge is 0.351 e. The van der Waals surface area contributed by atoms with Crippen LogP contribution in [0.5, 0.6) is 0 Å². The molecule has 1 aromatic carbocycles. The predicted molar refractivity (Wildman–Crippen MR) is 87.0 cm³/mol. The SMILES string of the molecule is FC(F)(F)c1ccccc1-c1ccnc2c1CCC1CNCCN21. The van der Waals surface area contributed by atoms with E-state index in [2.05, 4.69) is 15.2 Å². The number of rotatable bonds is 1. The van der Waals surface area contributed by atoms with Crippen LogP contribution >= 0.6 is 0 Å². The van der Waals surface area contributed by atoms with E-state index >= 15 is 0 Å². The molecule has 0 amide bonds. The Hall–Kier alpha value is -2.08. The highest BCUT2D eigenvalue weighted by atomic mass is 19.4. The van der Waals surface area contributed by atoms with Gasteiger partial charge in [-0.3, -0.25) is 0 Å². The summed E-state index contributed by atoms with van der Waals surface area (Å²) in [4.78, 5) is 6.74. The zero-order valence-corrected chi connectivity index (χ0v) is 13.1. The van der Waals surface area contributed by atoms with Crippen molar-refractivity contribution in [1.82, 2.24) is 10.3 Å². The van der Waals surface area contributed by atoms with Crippen molar-refractivity contribution in [3.05, 3.63) is 47.7 Å². The minimum atomic E-state index is -4.36. The molecular formula is C18H18F3N3. The molecule has 2 aliphatic heterocycles.